The normalized spacial score (nSPS) is 31.1. The molecular weight excluding hydrogens is 614 g/mol. The maximum atomic E-state index is 13.2. The molecule has 2 saturated heterocycles. The Kier molecular flexibility index (Phi) is 16.5. The zero-order valence-electron chi connectivity index (χ0n) is 25.0. The topological polar surface area (TPSA) is 254 Å². The molecule has 46 heavy (non-hydrogen) atoms. The Labute approximate surface area is 267 Å². The van der Waals surface area contributed by atoms with Crippen molar-refractivity contribution < 1.29 is 74.1 Å². The predicted molar refractivity (Wildman–Crippen MR) is 158 cm³/mol. The minimum Gasteiger partial charge on any atom is -0.508 e. The second kappa shape index (κ2) is 19.2. The van der Waals surface area contributed by atoms with Crippen LogP contribution in [0.1, 0.15) is 62.7 Å². The molecule has 3 rings (SSSR count). The van der Waals surface area contributed by atoms with Crippen molar-refractivity contribution in [3.63, 3.8) is 0 Å². The number of aliphatic hydroxyl groups excluding tert-OH is 6. The third kappa shape index (κ3) is 10.7. The number of hydrogen-bond donors (Lipinski definition) is 9. The van der Waals surface area contributed by atoms with Crippen molar-refractivity contribution in [1.29, 1.82) is 0 Å². The number of ether oxygens (including phenoxy) is 5. The first-order chi connectivity index (χ1) is 21.5. The average Bonchev–Trinajstić information content (AvgIpc) is 3.01. The third-order valence-corrected chi connectivity index (χ3v) is 7.74. The molecule has 2 aliphatic rings. The van der Waals surface area contributed by atoms with Crippen molar-refractivity contribution in [2.75, 3.05) is 26.9 Å². The molecule has 16 nitrogen and oxygen atoms in total. The van der Waals surface area contributed by atoms with Gasteiger partial charge in [0.25, 0.3) is 5.91 Å². The standard InChI is InChI=1S/C29H45NO15.CH4/c1-41-20(35)8-6-4-2-3-5-7-9-42-28-21(30-27(40)15-10-16(33)12-17(34)11-15)26(23(37)19(14-32)43-28)45-29-25(39)24(38)22(36)18(13-31)44-29;/h10-12,18-19,21-26,28-29,31-34,36-39H,2-9,13-14H2,1H3,(H,30,40);1H4/t18?,19?,21?,22-,23+,24?,25?,26?,28+,29?;/m0./s1. The molecule has 2 aliphatic heterocycles. The van der Waals surface area contributed by atoms with Crippen LogP contribution in [0.4, 0.5) is 0 Å². The number of methoxy groups -OCH3 is 1. The lowest BCUT2D eigenvalue weighted by Crippen LogP contribution is -2.68. The molecule has 0 radical (unpaired) electrons. The highest BCUT2D eigenvalue weighted by Crippen LogP contribution is 2.30. The number of aliphatic hydroxyl groups is 6. The van der Waals surface area contributed by atoms with E-state index in [1.165, 1.54) is 7.11 Å². The molecule has 9 N–H and O–H groups in total. The SMILES string of the molecule is C.COC(=O)CCCCCCCCO[C@@H]1OC(CO)[C@@H](O)C(OC2OC(CO)[C@H](O)C(O)C2O)C1NC(=O)c1cc(O)cc(O)c1. The zero-order chi connectivity index (χ0) is 33.1. The number of carbonyl (C=O) groups is 2. The van der Waals surface area contributed by atoms with Gasteiger partial charge < -0.3 is 69.9 Å². The highest BCUT2D eigenvalue weighted by molar-refractivity contribution is 5.95. The fourth-order valence-electron chi connectivity index (χ4n) is 5.20. The first-order valence-corrected chi connectivity index (χ1v) is 14.9. The Morgan fingerprint density at radius 1 is 0.783 bits per heavy atom. The third-order valence-electron chi connectivity index (χ3n) is 7.74. The van der Waals surface area contributed by atoms with Crippen molar-refractivity contribution in [3.8, 4) is 11.5 Å². The number of benzene rings is 1. The molecule has 10 atom stereocenters. The first-order valence-electron chi connectivity index (χ1n) is 14.9. The second-order valence-corrected chi connectivity index (χ2v) is 11.1. The van der Waals surface area contributed by atoms with E-state index in [0.29, 0.717) is 12.8 Å². The number of nitrogens with one attached hydrogen (secondary N) is 1. The minimum absolute atomic E-state index is 0. The molecule has 7 unspecified atom stereocenters. The van der Waals surface area contributed by atoms with E-state index in [1.807, 2.05) is 0 Å². The average molecular weight is 664 g/mol. The molecule has 2 fully saturated rings. The van der Waals surface area contributed by atoms with E-state index in [9.17, 15) is 50.4 Å². The fourth-order valence-corrected chi connectivity index (χ4v) is 5.20. The van der Waals surface area contributed by atoms with Gasteiger partial charge in [-0.1, -0.05) is 33.1 Å². The molecule has 0 saturated carbocycles. The van der Waals surface area contributed by atoms with Crippen molar-refractivity contribution in [2.24, 2.45) is 0 Å². The maximum absolute atomic E-state index is 13.2. The lowest BCUT2D eigenvalue weighted by Gasteiger charge is -2.47. The summed E-state index contributed by atoms with van der Waals surface area (Å²) in [6.07, 6.45) is -9.07. The van der Waals surface area contributed by atoms with Gasteiger partial charge in [0.2, 0.25) is 0 Å². The van der Waals surface area contributed by atoms with Crippen LogP contribution in [0.2, 0.25) is 0 Å². The summed E-state index contributed by atoms with van der Waals surface area (Å²) in [7, 11) is 1.35. The number of phenols is 2. The molecule has 1 aromatic carbocycles. The number of unbranched alkanes of at least 4 members (excludes halogenated alkanes) is 5. The van der Waals surface area contributed by atoms with Crippen LogP contribution in [0, 0.1) is 0 Å². The molecule has 0 aromatic heterocycles. The molecule has 0 bridgehead atoms. The molecule has 1 amide bonds. The number of esters is 1. The summed E-state index contributed by atoms with van der Waals surface area (Å²) in [5.41, 5.74) is -0.163. The highest BCUT2D eigenvalue weighted by Gasteiger charge is 2.51. The highest BCUT2D eigenvalue weighted by atomic mass is 16.7. The van der Waals surface area contributed by atoms with Crippen LogP contribution in [0.5, 0.6) is 11.5 Å². The van der Waals surface area contributed by atoms with Crippen molar-refractivity contribution in [1.82, 2.24) is 5.32 Å². The van der Waals surface area contributed by atoms with E-state index in [1.54, 1.807) is 0 Å². The molecule has 16 heteroatoms. The lowest BCUT2D eigenvalue weighted by atomic mass is 9.95. The van der Waals surface area contributed by atoms with E-state index < -0.39 is 92.0 Å². The van der Waals surface area contributed by atoms with Crippen molar-refractivity contribution in [2.45, 2.75) is 114 Å². The minimum atomic E-state index is -1.84. The number of hydrogen-bond acceptors (Lipinski definition) is 15. The maximum Gasteiger partial charge on any atom is 0.305 e. The van der Waals surface area contributed by atoms with E-state index in [4.69, 9.17) is 18.9 Å². The van der Waals surface area contributed by atoms with Gasteiger partial charge >= 0.3 is 5.97 Å². The lowest BCUT2D eigenvalue weighted by molar-refractivity contribution is -0.344. The van der Waals surface area contributed by atoms with Crippen LogP contribution in [-0.2, 0) is 28.5 Å². The van der Waals surface area contributed by atoms with Gasteiger partial charge in [-0.05, 0) is 25.0 Å². The Bertz CT molecular complexity index is 1050. The van der Waals surface area contributed by atoms with Crippen LogP contribution >= 0.6 is 0 Å². The monoisotopic (exact) mass is 663 g/mol. The Hall–Kier alpha value is -2.64. The van der Waals surface area contributed by atoms with Crippen molar-refractivity contribution in [3.05, 3.63) is 23.8 Å². The van der Waals surface area contributed by atoms with E-state index >= 15 is 0 Å². The summed E-state index contributed by atoms with van der Waals surface area (Å²) in [5, 5.41) is 83.8. The second-order valence-electron chi connectivity index (χ2n) is 11.1. The number of rotatable bonds is 16. The van der Waals surface area contributed by atoms with Gasteiger partial charge in [0.1, 0.15) is 60.3 Å². The van der Waals surface area contributed by atoms with Gasteiger partial charge in [-0.15, -0.1) is 0 Å². The number of aromatic hydroxyl groups is 2. The van der Waals surface area contributed by atoms with Crippen LogP contribution < -0.4 is 5.32 Å². The number of carbonyl (C=O) groups excluding carboxylic acids is 2. The molecule has 2 heterocycles. The number of phenolic OH excluding ortho intramolecular Hbond substituents is 2. The van der Waals surface area contributed by atoms with Gasteiger partial charge in [0.15, 0.2) is 12.6 Å². The summed E-state index contributed by atoms with van der Waals surface area (Å²) in [5.74, 6) is -1.88. The van der Waals surface area contributed by atoms with Crippen LogP contribution in [0.25, 0.3) is 0 Å². The number of amides is 1. The summed E-state index contributed by atoms with van der Waals surface area (Å²) in [6.45, 7) is -1.30. The van der Waals surface area contributed by atoms with Gasteiger partial charge in [0.05, 0.1) is 20.3 Å². The van der Waals surface area contributed by atoms with Gasteiger partial charge in [0, 0.05) is 24.7 Å². The van der Waals surface area contributed by atoms with E-state index in [0.717, 1.165) is 50.3 Å². The Balaban J connectivity index is 0.00000736. The summed E-state index contributed by atoms with van der Waals surface area (Å²) >= 11 is 0. The summed E-state index contributed by atoms with van der Waals surface area (Å²) in [6, 6.07) is 1.84. The molecule has 264 valence electrons. The van der Waals surface area contributed by atoms with Gasteiger partial charge in [-0.2, -0.15) is 0 Å². The molecule has 0 spiro atoms. The predicted octanol–water partition coefficient (Wildman–Crippen LogP) is -0.984. The summed E-state index contributed by atoms with van der Waals surface area (Å²) < 4.78 is 27.6. The van der Waals surface area contributed by atoms with Gasteiger partial charge in [-0.3, -0.25) is 9.59 Å². The molecule has 1 aromatic rings. The van der Waals surface area contributed by atoms with Crippen LogP contribution in [0.15, 0.2) is 18.2 Å². The first kappa shape index (κ1) is 39.5. The van der Waals surface area contributed by atoms with E-state index in [-0.39, 0.29) is 25.6 Å². The molecule has 0 aliphatic carbocycles. The Morgan fingerprint density at radius 3 is 1.96 bits per heavy atom. The van der Waals surface area contributed by atoms with E-state index in [2.05, 4.69) is 10.1 Å². The largest absolute Gasteiger partial charge is 0.508 e. The van der Waals surface area contributed by atoms with Crippen LogP contribution in [-0.4, -0.2) is 141 Å². The van der Waals surface area contributed by atoms with Crippen LogP contribution in [0.3, 0.4) is 0 Å². The van der Waals surface area contributed by atoms with Gasteiger partial charge in [-0.25, -0.2) is 0 Å². The molecular formula is C30H49NO15. The Morgan fingerprint density at radius 2 is 1.35 bits per heavy atom. The quantitative estimate of drug-likeness (QED) is 0.0761. The fraction of sp³-hybridized carbons (Fsp3) is 0.733. The zero-order valence-corrected chi connectivity index (χ0v) is 25.0. The smallest absolute Gasteiger partial charge is 0.305 e. The summed E-state index contributed by atoms with van der Waals surface area (Å²) in [4.78, 5) is 24.5. The van der Waals surface area contributed by atoms with Crippen molar-refractivity contribution >= 4 is 11.9 Å².